The van der Waals surface area contributed by atoms with Crippen LogP contribution in [-0.2, 0) is 15.3 Å². The first-order chi connectivity index (χ1) is 17.7. The van der Waals surface area contributed by atoms with Gasteiger partial charge in [0.15, 0.2) is 5.65 Å². The molecule has 1 fully saturated rings. The summed E-state index contributed by atoms with van der Waals surface area (Å²) in [4.78, 5) is 19.6. The molecule has 1 saturated heterocycles. The highest BCUT2D eigenvalue weighted by Crippen LogP contribution is 2.37. The Labute approximate surface area is 214 Å². The van der Waals surface area contributed by atoms with Crippen LogP contribution in [0.15, 0.2) is 60.9 Å². The number of hydrogen-bond donors (Lipinski definition) is 1. The summed E-state index contributed by atoms with van der Waals surface area (Å²) in [5.41, 5.74) is 2.46. The van der Waals surface area contributed by atoms with Gasteiger partial charge in [0.25, 0.3) is 5.91 Å². The molecule has 1 N–H and O–H groups in total. The Morgan fingerprint density at radius 2 is 1.97 bits per heavy atom. The zero-order chi connectivity index (χ0) is 26.2. The first-order valence-electron chi connectivity index (χ1n) is 12.0. The molecule has 0 bridgehead atoms. The number of fused-ring (bicyclic) bond motifs is 1. The summed E-state index contributed by atoms with van der Waals surface area (Å²) in [6.45, 7) is 2.49. The molecule has 0 aliphatic carbocycles. The molecule has 1 aliphatic heterocycles. The Morgan fingerprint density at radius 1 is 1.19 bits per heavy atom. The number of aromatic nitrogens is 3. The zero-order valence-electron chi connectivity index (χ0n) is 20.4. The van der Waals surface area contributed by atoms with Crippen LogP contribution in [0, 0.1) is 11.6 Å². The van der Waals surface area contributed by atoms with Gasteiger partial charge in [0, 0.05) is 35.4 Å². The molecule has 0 saturated carbocycles. The van der Waals surface area contributed by atoms with Crippen LogP contribution in [0.3, 0.4) is 0 Å². The largest absolute Gasteiger partial charge is 0.349 e. The van der Waals surface area contributed by atoms with Gasteiger partial charge in [-0.15, -0.1) is 0 Å². The van der Waals surface area contributed by atoms with Gasteiger partial charge < -0.3 is 10.2 Å². The molecule has 192 valence electrons. The van der Waals surface area contributed by atoms with E-state index in [4.69, 9.17) is 4.98 Å². The summed E-state index contributed by atoms with van der Waals surface area (Å²) in [7, 11) is -2.17. The number of nitrogens with zero attached hydrogens (tertiary/aromatic N) is 4. The molecule has 4 aromatic rings. The van der Waals surface area contributed by atoms with Crippen molar-refractivity contribution >= 4 is 38.5 Å². The number of hydrogen-bond acceptors (Lipinski definition) is 5. The lowest BCUT2D eigenvalue weighted by molar-refractivity contribution is 0.102. The van der Waals surface area contributed by atoms with E-state index >= 15 is 0 Å². The molecule has 37 heavy (non-hydrogen) atoms. The molecular weight excluding hydrogens is 496 g/mol. The Bertz CT molecular complexity index is 1570. The van der Waals surface area contributed by atoms with Crippen molar-refractivity contribution in [3.8, 4) is 0 Å². The van der Waals surface area contributed by atoms with Crippen LogP contribution in [0.4, 0.5) is 20.3 Å². The minimum atomic E-state index is -2.17. The summed E-state index contributed by atoms with van der Waals surface area (Å²) in [6, 6.07) is 11.9. The van der Waals surface area contributed by atoms with Crippen molar-refractivity contribution in [2.45, 2.75) is 31.6 Å². The van der Waals surface area contributed by atoms with Gasteiger partial charge >= 0.3 is 0 Å². The summed E-state index contributed by atoms with van der Waals surface area (Å²) >= 11 is 0. The van der Waals surface area contributed by atoms with Gasteiger partial charge in [-0.05, 0) is 70.2 Å². The molecular formula is C27H27F2N5O2S. The summed E-state index contributed by atoms with van der Waals surface area (Å²) in [5, 5.41) is 7.13. The Kier molecular flexibility index (Phi) is 6.68. The van der Waals surface area contributed by atoms with Crippen LogP contribution in [0.2, 0.25) is 0 Å². The van der Waals surface area contributed by atoms with E-state index in [9.17, 15) is 17.8 Å². The second kappa shape index (κ2) is 9.93. The third kappa shape index (κ3) is 5.20. The van der Waals surface area contributed by atoms with Crippen molar-refractivity contribution < 1.29 is 17.8 Å². The molecule has 1 aliphatic rings. The molecule has 1 unspecified atom stereocenters. The fourth-order valence-corrected chi connectivity index (χ4v) is 5.60. The lowest BCUT2D eigenvalue weighted by Crippen LogP contribution is -2.24. The summed E-state index contributed by atoms with van der Waals surface area (Å²) in [5.74, 6) is 3.96. The molecule has 7 nitrogen and oxygen atoms in total. The van der Waals surface area contributed by atoms with Gasteiger partial charge in [0.1, 0.15) is 23.1 Å². The lowest BCUT2D eigenvalue weighted by atomic mass is 10.0. The molecule has 2 atom stereocenters. The third-order valence-electron chi connectivity index (χ3n) is 6.64. The topological polar surface area (TPSA) is 79.6 Å². The van der Waals surface area contributed by atoms with E-state index in [0.717, 1.165) is 24.1 Å². The molecule has 3 heterocycles. The molecule has 10 heteroatoms. The maximum absolute atomic E-state index is 14.5. The number of halogens is 2. The van der Waals surface area contributed by atoms with Gasteiger partial charge in [-0.3, -0.25) is 9.00 Å². The van der Waals surface area contributed by atoms with Crippen molar-refractivity contribution in [2.24, 2.45) is 0 Å². The predicted molar refractivity (Wildman–Crippen MR) is 143 cm³/mol. The molecule has 2 aromatic heterocycles. The molecule has 2 aromatic carbocycles. The highest BCUT2D eigenvalue weighted by Gasteiger charge is 2.30. The zero-order valence-corrected chi connectivity index (χ0v) is 21.2. The van der Waals surface area contributed by atoms with E-state index < -0.39 is 21.2 Å². The highest BCUT2D eigenvalue weighted by atomic mass is 32.2. The van der Waals surface area contributed by atoms with Crippen LogP contribution in [-0.4, -0.2) is 42.9 Å². The lowest BCUT2D eigenvalue weighted by Gasteiger charge is -2.26. The number of amides is 1. The quantitative estimate of drug-likeness (QED) is 0.351. The van der Waals surface area contributed by atoms with Crippen LogP contribution in [0.5, 0.6) is 0 Å². The smallest absolute Gasteiger partial charge is 0.255 e. The minimum absolute atomic E-state index is 0.304. The van der Waals surface area contributed by atoms with Crippen molar-refractivity contribution in [1.29, 1.82) is 0 Å². The molecule has 5 rings (SSSR count). The number of benzene rings is 2. The predicted octanol–water partition coefficient (Wildman–Crippen LogP) is 4.84. The van der Waals surface area contributed by atoms with E-state index in [1.165, 1.54) is 12.3 Å². The van der Waals surface area contributed by atoms with Crippen LogP contribution >= 0.6 is 0 Å². The molecule has 0 spiro atoms. The number of nitrogens with one attached hydrogen (secondary N) is 1. The van der Waals surface area contributed by atoms with Crippen LogP contribution in [0.25, 0.3) is 5.65 Å². The fraction of sp³-hybridized carbons (Fsp3) is 0.259. The van der Waals surface area contributed by atoms with E-state index in [1.807, 2.05) is 11.8 Å². The maximum Gasteiger partial charge on any atom is 0.255 e. The Hall–Kier alpha value is -3.79. The van der Waals surface area contributed by atoms with Gasteiger partial charge in [-0.2, -0.15) is 5.10 Å². The van der Waals surface area contributed by atoms with Gasteiger partial charge in [-0.25, -0.2) is 18.3 Å². The first kappa shape index (κ1) is 24.9. The summed E-state index contributed by atoms with van der Waals surface area (Å²) in [6.07, 6.45) is 4.73. The van der Waals surface area contributed by atoms with E-state index in [1.54, 1.807) is 41.0 Å². The Morgan fingerprint density at radius 3 is 2.73 bits per heavy atom. The Balaban J connectivity index is 1.38. The normalized spacial score (nSPS) is 17.2. The number of anilines is 2. The van der Waals surface area contributed by atoms with Crippen molar-refractivity contribution in [3.05, 3.63) is 89.2 Å². The van der Waals surface area contributed by atoms with Gasteiger partial charge in [-0.1, -0.05) is 19.1 Å². The number of carbonyl (C=O) groups is 1. The first-order valence-corrected chi connectivity index (χ1v) is 14.1. The van der Waals surface area contributed by atoms with E-state index in [2.05, 4.69) is 16.3 Å². The maximum atomic E-state index is 14.5. The number of rotatable bonds is 7. The van der Waals surface area contributed by atoms with Crippen molar-refractivity contribution in [3.63, 3.8) is 0 Å². The summed E-state index contributed by atoms with van der Waals surface area (Å²) < 4.78 is 42.2. The SMILES string of the molecule is C=S(=O)(CC)Cc1ccc(C(=O)Nc2cnn3ccc(N4CCC[C@@H]4c4cc(F)ccc4F)nc23)cc1. The van der Waals surface area contributed by atoms with Gasteiger partial charge in [0.2, 0.25) is 0 Å². The van der Waals surface area contributed by atoms with Gasteiger partial charge in [0.05, 0.1) is 12.2 Å². The van der Waals surface area contributed by atoms with Crippen LogP contribution < -0.4 is 10.2 Å². The highest BCUT2D eigenvalue weighted by molar-refractivity contribution is 7.99. The molecule has 0 radical (unpaired) electrons. The van der Waals surface area contributed by atoms with E-state index in [0.29, 0.717) is 52.8 Å². The van der Waals surface area contributed by atoms with Crippen LogP contribution in [0.1, 0.15) is 47.3 Å². The van der Waals surface area contributed by atoms with Crippen molar-refractivity contribution in [1.82, 2.24) is 14.6 Å². The fourth-order valence-electron chi connectivity index (χ4n) is 4.59. The van der Waals surface area contributed by atoms with E-state index in [-0.39, 0.29) is 11.9 Å². The second-order valence-electron chi connectivity index (χ2n) is 9.18. The average molecular weight is 524 g/mol. The standard InChI is InChI=1S/C27H27F2N5O2S/c1-3-37(2,36)17-18-6-8-19(9-7-18)27(35)31-23-16-30-34-14-12-25(32-26(23)34)33-13-4-5-24(33)21-15-20(28)10-11-22(21)29/h6-12,14-16,24H,2-5,13,17H2,1H3,(H,31,35)/t24-,37?/m1/s1. The number of carbonyl (C=O) groups excluding carboxylic acids is 1. The molecule has 1 amide bonds. The third-order valence-corrected chi connectivity index (χ3v) is 8.55. The average Bonchev–Trinajstić information content (AvgIpc) is 3.53. The van der Waals surface area contributed by atoms with Crippen molar-refractivity contribution in [2.75, 3.05) is 22.5 Å². The second-order valence-corrected chi connectivity index (χ2v) is 12.0. The minimum Gasteiger partial charge on any atom is -0.349 e. The monoisotopic (exact) mass is 523 g/mol.